The van der Waals surface area contributed by atoms with Gasteiger partial charge < -0.3 is 10.6 Å². The predicted octanol–water partition coefficient (Wildman–Crippen LogP) is 7.13. The lowest BCUT2D eigenvalue weighted by molar-refractivity contribution is -0.132. The van der Waals surface area contributed by atoms with Crippen molar-refractivity contribution in [2.24, 2.45) is 0 Å². The molecule has 1 saturated heterocycles. The Morgan fingerprint density at radius 1 is 1.00 bits per heavy atom. The van der Waals surface area contributed by atoms with Gasteiger partial charge >= 0.3 is 0 Å². The summed E-state index contributed by atoms with van der Waals surface area (Å²) in [7, 11) is 0. The number of allylic oxidation sites excluding steroid dienone is 2. The molecular weight excluding hydrogens is 452 g/mol. The van der Waals surface area contributed by atoms with Crippen LogP contribution >= 0.6 is 11.3 Å². The van der Waals surface area contributed by atoms with Crippen molar-refractivity contribution in [2.45, 2.75) is 45.1 Å². The van der Waals surface area contributed by atoms with Crippen LogP contribution in [-0.4, -0.2) is 23.1 Å². The number of thiophene rings is 1. The molecule has 0 saturated carbocycles. The monoisotopic (exact) mass is 484 g/mol. The molecule has 4 rings (SSSR count). The highest BCUT2D eigenvalue weighted by Crippen LogP contribution is 2.31. The van der Waals surface area contributed by atoms with Crippen LogP contribution < -0.4 is 5.73 Å². The van der Waals surface area contributed by atoms with Crippen molar-refractivity contribution in [1.29, 1.82) is 0 Å². The summed E-state index contributed by atoms with van der Waals surface area (Å²) in [5, 5.41) is 2.02. The number of ketones is 1. The number of nitrogens with two attached hydrogens (primary N) is 1. The largest absolute Gasteiger partial charge is 0.398 e. The molecule has 0 atom stereocenters. The molecule has 180 valence electrons. The second-order valence-corrected chi connectivity index (χ2v) is 10.1. The molecule has 0 radical (unpaired) electrons. The molecule has 1 aliphatic rings. The maximum Gasteiger partial charge on any atom is 0.222 e. The maximum atomic E-state index is 13.2. The lowest BCUT2D eigenvalue weighted by atomic mass is 9.94. The number of benzene rings is 2. The predicted molar refractivity (Wildman–Crippen MR) is 146 cm³/mol. The Hall–Kier alpha value is -3.44. The fourth-order valence-corrected chi connectivity index (χ4v) is 5.16. The fraction of sp³-hybridized carbons (Fsp3) is 0.267. The molecule has 4 nitrogen and oxygen atoms in total. The molecule has 0 unspecified atom stereocenters. The number of Topliss-reactive ketones (excluding diaryl/α,β-unsaturated/α-hetero) is 1. The summed E-state index contributed by atoms with van der Waals surface area (Å²) in [6.07, 6.45) is 5.44. The van der Waals surface area contributed by atoms with Crippen LogP contribution in [-0.2, 0) is 11.3 Å². The van der Waals surface area contributed by atoms with Gasteiger partial charge in [-0.1, -0.05) is 55.1 Å². The van der Waals surface area contributed by atoms with Crippen LogP contribution in [0.15, 0.2) is 78.7 Å². The average Bonchev–Trinajstić information content (AvgIpc) is 3.40. The number of nitrogens with zero attached hydrogens (tertiary/aromatic N) is 1. The first-order valence-electron chi connectivity index (χ1n) is 12.1. The topological polar surface area (TPSA) is 63.4 Å². The van der Waals surface area contributed by atoms with Gasteiger partial charge in [0, 0.05) is 46.8 Å². The van der Waals surface area contributed by atoms with E-state index in [1.165, 1.54) is 5.57 Å². The summed E-state index contributed by atoms with van der Waals surface area (Å²) in [5.41, 5.74) is 11.6. The number of carbonyl (C=O) groups excluding carboxylic acids is 2. The van der Waals surface area contributed by atoms with E-state index in [1.807, 2.05) is 64.9 Å². The SMILES string of the molecule is C=C1CCCCC(=O)N(Cc2ccc(C(=O)C(=C)c3cc(-c4cccs4)ccc3N)cc2)CCC1. The number of nitrogen functional groups attached to an aromatic ring is 1. The Labute approximate surface area is 211 Å². The first-order valence-corrected chi connectivity index (χ1v) is 13.0. The second-order valence-electron chi connectivity index (χ2n) is 9.16. The Bertz CT molecular complexity index is 1230. The number of rotatable bonds is 6. The van der Waals surface area contributed by atoms with Crippen LogP contribution in [0.2, 0.25) is 0 Å². The highest BCUT2D eigenvalue weighted by molar-refractivity contribution is 7.13. The summed E-state index contributed by atoms with van der Waals surface area (Å²) in [5.74, 6) is 0.0484. The molecule has 1 aromatic heterocycles. The Balaban J connectivity index is 1.46. The third-order valence-electron chi connectivity index (χ3n) is 6.53. The number of anilines is 1. The van der Waals surface area contributed by atoms with Crippen molar-refractivity contribution in [2.75, 3.05) is 12.3 Å². The summed E-state index contributed by atoms with van der Waals surface area (Å²) in [4.78, 5) is 29.0. The van der Waals surface area contributed by atoms with Gasteiger partial charge in [-0.25, -0.2) is 0 Å². The molecule has 3 aromatic rings. The first-order chi connectivity index (χ1) is 16.9. The minimum absolute atomic E-state index is 0.153. The molecule has 0 aliphatic carbocycles. The van der Waals surface area contributed by atoms with Crippen molar-refractivity contribution in [3.63, 3.8) is 0 Å². The van der Waals surface area contributed by atoms with E-state index in [9.17, 15) is 9.59 Å². The van der Waals surface area contributed by atoms with Gasteiger partial charge in [0.05, 0.1) is 0 Å². The van der Waals surface area contributed by atoms with Gasteiger partial charge in [0.1, 0.15) is 0 Å². The van der Waals surface area contributed by atoms with E-state index in [2.05, 4.69) is 13.2 Å². The van der Waals surface area contributed by atoms with E-state index in [1.54, 1.807) is 11.3 Å². The third-order valence-corrected chi connectivity index (χ3v) is 7.45. The van der Waals surface area contributed by atoms with Gasteiger partial charge in [-0.05, 0) is 66.8 Å². The van der Waals surface area contributed by atoms with E-state index < -0.39 is 0 Å². The maximum absolute atomic E-state index is 13.2. The minimum Gasteiger partial charge on any atom is -0.398 e. The van der Waals surface area contributed by atoms with Crippen molar-refractivity contribution < 1.29 is 9.59 Å². The van der Waals surface area contributed by atoms with Gasteiger partial charge in [0.15, 0.2) is 5.78 Å². The average molecular weight is 485 g/mol. The highest BCUT2D eigenvalue weighted by atomic mass is 32.1. The second kappa shape index (κ2) is 11.3. The zero-order valence-corrected chi connectivity index (χ0v) is 20.9. The van der Waals surface area contributed by atoms with Crippen LogP contribution in [0.4, 0.5) is 5.69 Å². The molecule has 2 N–H and O–H groups in total. The van der Waals surface area contributed by atoms with E-state index in [0.717, 1.165) is 54.7 Å². The molecular formula is C30H32N2O2S. The summed E-state index contributed by atoms with van der Waals surface area (Å²) in [6.45, 7) is 9.50. The standard InChI is InChI=1S/C30H32N2O2S/c1-21-7-3-4-10-29(33)32(17-5-8-21)20-23-11-13-24(14-12-23)30(34)22(2)26-19-25(15-16-27(26)31)28-9-6-18-35-28/h6,9,11-16,18-19H,1-5,7-8,10,17,20,31H2. The van der Waals surface area contributed by atoms with E-state index in [4.69, 9.17) is 5.73 Å². The van der Waals surface area contributed by atoms with E-state index in [-0.39, 0.29) is 11.7 Å². The molecule has 2 heterocycles. The minimum atomic E-state index is -0.153. The third kappa shape index (κ3) is 6.17. The molecule has 5 heteroatoms. The lowest BCUT2D eigenvalue weighted by Gasteiger charge is -2.24. The number of hydrogen-bond acceptors (Lipinski definition) is 4. The lowest BCUT2D eigenvalue weighted by Crippen LogP contribution is -2.31. The van der Waals surface area contributed by atoms with Crippen molar-refractivity contribution >= 4 is 34.3 Å². The van der Waals surface area contributed by atoms with Crippen molar-refractivity contribution in [1.82, 2.24) is 4.90 Å². The first kappa shape index (κ1) is 24.7. The molecule has 35 heavy (non-hydrogen) atoms. The molecule has 0 bridgehead atoms. The van der Waals surface area contributed by atoms with Gasteiger partial charge in [0.25, 0.3) is 0 Å². The van der Waals surface area contributed by atoms with E-state index in [0.29, 0.717) is 35.4 Å². The smallest absolute Gasteiger partial charge is 0.222 e. The summed E-state index contributed by atoms with van der Waals surface area (Å²) in [6, 6.07) is 17.2. The Morgan fingerprint density at radius 2 is 1.74 bits per heavy atom. The molecule has 2 aromatic carbocycles. The zero-order chi connectivity index (χ0) is 24.8. The van der Waals surface area contributed by atoms with Gasteiger partial charge in [0.2, 0.25) is 5.91 Å². The fourth-order valence-electron chi connectivity index (χ4n) is 4.44. The summed E-state index contributed by atoms with van der Waals surface area (Å²) >= 11 is 1.64. The van der Waals surface area contributed by atoms with Gasteiger partial charge in [-0.2, -0.15) is 0 Å². The zero-order valence-electron chi connectivity index (χ0n) is 20.1. The number of amides is 1. The number of hydrogen-bond donors (Lipinski definition) is 1. The van der Waals surface area contributed by atoms with Crippen LogP contribution in [0.5, 0.6) is 0 Å². The molecule has 1 aliphatic heterocycles. The van der Waals surface area contributed by atoms with E-state index >= 15 is 0 Å². The number of carbonyl (C=O) groups is 2. The Kier molecular flexibility index (Phi) is 7.98. The van der Waals surface area contributed by atoms with Crippen LogP contribution in [0.25, 0.3) is 16.0 Å². The normalized spacial score (nSPS) is 15.1. The van der Waals surface area contributed by atoms with Crippen LogP contribution in [0.3, 0.4) is 0 Å². The highest BCUT2D eigenvalue weighted by Gasteiger charge is 2.18. The van der Waals surface area contributed by atoms with Gasteiger partial charge in [-0.15, -0.1) is 11.3 Å². The molecule has 0 spiro atoms. The van der Waals surface area contributed by atoms with Crippen molar-refractivity contribution in [3.8, 4) is 10.4 Å². The van der Waals surface area contributed by atoms with Gasteiger partial charge in [-0.3, -0.25) is 9.59 Å². The Morgan fingerprint density at radius 3 is 2.49 bits per heavy atom. The summed E-state index contributed by atoms with van der Waals surface area (Å²) < 4.78 is 0. The molecule has 1 fully saturated rings. The molecule has 1 amide bonds. The van der Waals surface area contributed by atoms with Crippen LogP contribution in [0, 0.1) is 0 Å². The van der Waals surface area contributed by atoms with Crippen LogP contribution in [0.1, 0.15) is 60.0 Å². The quantitative estimate of drug-likeness (QED) is 0.175. The van der Waals surface area contributed by atoms with Crippen molar-refractivity contribution in [3.05, 3.63) is 95.4 Å².